The SMILES string of the molecule is COCCCc1ccc(CO)cc1. The Hall–Kier alpha value is -0.860. The summed E-state index contributed by atoms with van der Waals surface area (Å²) in [5, 5.41) is 8.82. The first-order chi connectivity index (χ1) is 6.36. The maximum atomic E-state index is 8.82. The van der Waals surface area contributed by atoms with Gasteiger partial charge in [-0.25, -0.2) is 0 Å². The maximum absolute atomic E-state index is 8.82. The van der Waals surface area contributed by atoms with E-state index < -0.39 is 0 Å². The van der Waals surface area contributed by atoms with Crippen molar-refractivity contribution in [3.63, 3.8) is 0 Å². The van der Waals surface area contributed by atoms with Crippen LogP contribution in [-0.2, 0) is 17.8 Å². The highest BCUT2D eigenvalue weighted by molar-refractivity contribution is 5.21. The normalized spacial score (nSPS) is 10.3. The van der Waals surface area contributed by atoms with E-state index in [1.807, 2.05) is 12.1 Å². The molecule has 0 heterocycles. The molecular weight excluding hydrogens is 164 g/mol. The molecule has 0 fully saturated rings. The van der Waals surface area contributed by atoms with Crippen LogP contribution in [0.2, 0.25) is 0 Å². The van der Waals surface area contributed by atoms with E-state index in [2.05, 4.69) is 12.1 Å². The summed E-state index contributed by atoms with van der Waals surface area (Å²) in [6.07, 6.45) is 2.09. The van der Waals surface area contributed by atoms with Gasteiger partial charge in [0, 0.05) is 13.7 Å². The Labute approximate surface area is 79.2 Å². The quantitative estimate of drug-likeness (QED) is 0.700. The van der Waals surface area contributed by atoms with Crippen LogP contribution in [0.5, 0.6) is 0 Å². The predicted octanol–water partition coefficient (Wildman–Crippen LogP) is 1.76. The fourth-order valence-electron chi connectivity index (χ4n) is 1.23. The minimum Gasteiger partial charge on any atom is -0.392 e. The van der Waals surface area contributed by atoms with Crippen LogP contribution in [0.15, 0.2) is 24.3 Å². The van der Waals surface area contributed by atoms with Gasteiger partial charge in [-0.15, -0.1) is 0 Å². The van der Waals surface area contributed by atoms with Gasteiger partial charge in [-0.2, -0.15) is 0 Å². The van der Waals surface area contributed by atoms with E-state index in [0.29, 0.717) is 0 Å². The Bertz CT molecular complexity index is 228. The highest BCUT2D eigenvalue weighted by Gasteiger charge is 1.93. The minimum absolute atomic E-state index is 0.123. The molecule has 0 atom stereocenters. The van der Waals surface area contributed by atoms with Gasteiger partial charge in [-0.05, 0) is 24.0 Å². The zero-order valence-corrected chi connectivity index (χ0v) is 7.99. The predicted molar refractivity (Wildman–Crippen MR) is 52.6 cm³/mol. The van der Waals surface area contributed by atoms with E-state index in [0.717, 1.165) is 25.0 Å². The lowest BCUT2D eigenvalue weighted by atomic mass is 10.1. The first-order valence-electron chi connectivity index (χ1n) is 4.54. The largest absolute Gasteiger partial charge is 0.392 e. The molecular formula is C11H16O2. The summed E-state index contributed by atoms with van der Waals surface area (Å²) in [5.41, 5.74) is 2.27. The minimum atomic E-state index is 0.123. The van der Waals surface area contributed by atoms with Gasteiger partial charge in [-0.1, -0.05) is 24.3 Å². The van der Waals surface area contributed by atoms with Crippen LogP contribution >= 0.6 is 0 Å². The molecule has 0 radical (unpaired) electrons. The second-order valence-corrected chi connectivity index (χ2v) is 3.07. The van der Waals surface area contributed by atoms with E-state index >= 15 is 0 Å². The van der Waals surface area contributed by atoms with Gasteiger partial charge in [0.25, 0.3) is 0 Å². The van der Waals surface area contributed by atoms with Gasteiger partial charge in [0.2, 0.25) is 0 Å². The van der Waals surface area contributed by atoms with Crippen molar-refractivity contribution in [3.05, 3.63) is 35.4 Å². The molecule has 0 saturated carbocycles. The number of hydrogen-bond acceptors (Lipinski definition) is 2. The van der Waals surface area contributed by atoms with Gasteiger partial charge in [0.1, 0.15) is 0 Å². The van der Waals surface area contributed by atoms with Crippen molar-refractivity contribution in [2.75, 3.05) is 13.7 Å². The maximum Gasteiger partial charge on any atom is 0.0681 e. The van der Waals surface area contributed by atoms with Crippen LogP contribution in [0.1, 0.15) is 17.5 Å². The second kappa shape index (κ2) is 5.73. The Morgan fingerprint density at radius 3 is 2.31 bits per heavy atom. The Balaban J connectivity index is 2.40. The molecule has 0 aliphatic rings. The summed E-state index contributed by atoms with van der Waals surface area (Å²) in [6, 6.07) is 8.03. The highest BCUT2D eigenvalue weighted by atomic mass is 16.5. The van der Waals surface area contributed by atoms with Gasteiger partial charge in [0.05, 0.1) is 6.61 Å². The molecule has 0 aliphatic carbocycles. The third kappa shape index (κ3) is 3.57. The summed E-state index contributed by atoms with van der Waals surface area (Å²) in [7, 11) is 1.72. The number of rotatable bonds is 5. The number of aliphatic hydroxyl groups excluding tert-OH is 1. The molecule has 0 aromatic heterocycles. The van der Waals surface area contributed by atoms with Gasteiger partial charge < -0.3 is 9.84 Å². The zero-order chi connectivity index (χ0) is 9.52. The van der Waals surface area contributed by atoms with E-state index in [1.54, 1.807) is 7.11 Å². The van der Waals surface area contributed by atoms with Crippen molar-refractivity contribution >= 4 is 0 Å². The summed E-state index contributed by atoms with van der Waals surface area (Å²) in [5.74, 6) is 0. The molecule has 13 heavy (non-hydrogen) atoms. The third-order valence-electron chi connectivity index (χ3n) is 2.02. The van der Waals surface area contributed by atoms with E-state index in [4.69, 9.17) is 9.84 Å². The monoisotopic (exact) mass is 180 g/mol. The lowest BCUT2D eigenvalue weighted by molar-refractivity contribution is 0.195. The van der Waals surface area contributed by atoms with Crippen molar-refractivity contribution in [1.82, 2.24) is 0 Å². The molecule has 0 spiro atoms. The summed E-state index contributed by atoms with van der Waals surface area (Å²) in [6.45, 7) is 0.931. The average Bonchev–Trinajstić information content (AvgIpc) is 2.19. The highest BCUT2D eigenvalue weighted by Crippen LogP contribution is 2.06. The second-order valence-electron chi connectivity index (χ2n) is 3.07. The van der Waals surface area contributed by atoms with Crippen molar-refractivity contribution in [1.29, 1.82) is 0 Å². The van der Waals surface area contributed by atoms with Crippen molar-refractivity contribution in [2.45, 2.75) is 19.4 Å². The first-order valence-corrected chi connectivity index (χ1v) is 4.54. The van der Waals surface area contributed by atoms with Crippen LogP contribution in [0.3, 0.4) is 0 Å². The molecule has 2 nitrogen and oxygen atoms in total. The summed E-state index contributed by atoms with van der Waals surface area (Å²) >= 11 is 0. The van der Waals surface area contributed by atoms with Crippen LogP contribution in [0.25, 0.3) is 0 Å². The molecule has 1 N–H and O–H groups in total. The molecule has 0 saturated heterocycles. The Kier molecular flexibility index (Phi) is 4.50. The molecule has 2 heteroatoms. The topological polar surface area (TPSA) is 29.5 Å². The molecule has 1 aromatic rings. The smallest absolute Gasteiger partial charge is 0.0681 e. The van der Waals surface area contributed by atoms with Crippen LogP contribution in [-0.4, -0.2) is 18.8 Å². The van der Waals surface area contributed by atoms with Gasteiger partial charge >= 0.3 is 0 Å². The number of hydrogen-bond donors (Lipinski definition) is 1. The fourth-order valence-corrected chi connectivity index (χ4v) is 1.23. The standard InChI is InChI=1S/C11H16O2/c1-13-8-2-3-10-4-6-11(9-12)7-5-10/h4-7,12H,2-3,8-9H2,1H3. The number of ether oxygens (including phenoxy) is 1. The third-order valence-corrected chi connectivity index (χ3v) is 2.02. The zero-order valence-electron chi connectivity index (χ0n) is 7.99. The van der Waals surface area contributed by atoms with Gasteiger partial charge in [0.15, 0.2) is 0 Å². The van der Waals surface area contributed by atoms with E-state index in [9.17, 15) is 0 Å². The summed E-state index contributed by atoms with van der Waals surface area (Å²) in [4.78, 5) is 0. The lowest BCUT2D eigenvalue weighted by Gasteiger charge is -2.01. The number of aliphatic hydroxyl groups is 1. The first kappa shape index (κ1) is 10.2. The van der Waals surface area contributed by atoms with Crippen molar-refractivity contribution < 1.29 is 9.84 Å². The van der Waals surface area contributed by atoms with E-state index in [1.165, 1.54) is 5.56 Å². The molecule has 72 valence electrons. The van der Waals surface area contributed by atoms with Crippen LogP contribution in [0, 0.1) is 0 Å². The molecule has 0 unspecified atom stereocenters. The van der Waals surface area contributed by atoms with Crippen molar-refractivity contribution in [3.8, 4) is 0 Å². The number of aryl methyl sites for hydroxylation is 1. The summed E-state index contributed by atoms with van der Waals surface area (Å²) < 4.78 is 4.97. The van der Waals surface area contributed by atoms with Crippen LogP contribution < -0.4 is 0 Å². The number of benzene rings is 1. The van der Waals surface area contributed by atoms with E-state index in [-0.39, 0.29) is 6.61 Å². The molecule has 0 bridgehead atoms. The van der Waals surface area contributed by atoms with Gasteiger partial charge in [-0.3, -0.25) is 0 Å². The fraction of sp³-hybridized carbons (Fsp3) is 0.455. The van der Waals surface area contributed by atoms with Crippen molar-refractivity contribution in [2.24, 2.45) is 0 Å². The molecule has 1 rings (SSSR count). The Morgan fingerprint density at radius 2 is 1.77 bits per heavy atom. The lowest BCUT2D eigenvalue weighted by Crippen LogP contribution is -1.93. The Morgan fingerprint density at radius 1 is 1.15 bits per heavy atom. The molecule has 0 amide bonds. The average molecular weight is 180 g/mol. The molecule has 1 aromatic carbocycles. The molecule has 0 aliphatic heterocycles. The van der Waals surface area contributed by atoms with Crippen LogP contribution in [0.4, 0.5) is 0 Å². The number of methoxy groups -OCH3 is 1.